The smallest absolute Gasteiger partial charge is 0.0643 e. The first-order valence-corrected chi connectivity index (χ1v) is 5.54. The van der Waals surface area contributed by atoms with Crippen molar-refractivity contribution < 1.29 is 10.2 Å². The zero-order valence-corrected chi connectivity index (χ0v) is 10.5. The Morgan fingerprint density at radius 3 is 1.14 bits per heavy atom. The molecule has 2 N–H and O–H groups in total. The summed E-state index contributed by atoms with van der Waals surface area (Å²) < 4.78 is 0. The molecule has 2 unspecified atom stereocenters. The molecule has 0 aliphatic carbocycles. The van der Waals surface area contributed by atoms with Crippen LogP contribution < -0.4 is 0 Å². The van der Waals surface area contributed by atoms with Crippen molar-refractivity contribution in [1.82, 2.24) is 0 Å². The summed E-state index contributed by atoms with van der Waals surface area (Å²) >= 11 is 0. The summed E-state index contributed by atoms with van der Waals surface area (Å²) in [6, 6.07) is 0. The lowest BCUT2D eigenvalue weighted by Gasteiger charge is -2.34. The highest BCUT2D eigenvalue weighted by molar-refractivity contribution is 4.83. The predicted molar refractivity (Wildman–Crippen MR) is 60.2 cm³/mol. The quantitative estimate of drug-likeness (QED) is 0.719. The van der Waals surface area contributed by atoms with E-state index in [1.807, 2.05) is 41.5 Å². The topological polar surface area (TPSA) is 40.5 Å². The van der Waals surface area contributed by atoms with Gasteiger partial charge in [-0.25, -0.2) is 0 Å². The summed E-state index contributed by atoms with van der Waals surface area (Å²) in [5.41, 5.74) is -1.34. The third kappa shape index (κ3) is 3.97. The SMILES string of the molecule is CC(C)C(C)(O)CCC(C)(O)C(C)C. The van der Waals surface area contributed by atoms with Gasteiger partial charge in [-0.15, -0.1) is 0 Å². The normalized spacial score (nSPS) is 21.0. The molecule has 86 valence electrons. The van der Waals surface area contributed by atoms with Crippen LogP contribution in [0.15, 0.2) is 0 Å². The summed E-state index contributed by atoms with van der Waals surface area (Å²) in [5.74, 6) is 0.455. The Labute approximate surface area is 88.3 Å². The van der Waals surface area contributed by atoms with Gasteiger partial charge in [-0.05, 0) is 38.5 Å². The van der Waals surface area contributed by atoms with Gasteiger partial charge < -0.3 is 10.2 Å². The van der Waals surface area contributed by atoms with Crippen molar-refractivity contribution in [2.24, 2.45) is 11.8 Å². The van der Waals surface area contributed by atoms with Crippen LogP contribution in [0.5, 0.6) is 0 Å². The average molecular weight is 202 g/mol. The summed E-state index contributed by atoms with van der Waals surface area (Å²) in [6.45, 7) is 11.7. The fourth-order valence-corrected chi connectivity index (χ4v) is 1.08. The van der Waals surface area contributed by atoms with Gasteiger partial charge in [-0.1, -0.05) is 27.7 Å². The Morgan fingerprint density at radius 1 is 0.786 bits per heavy atom. The van der Waals surface area contributed by atoms with Crippen molar-refractivity contribution >= 4 is 0 Å². The molecule has 14 heavy (non-hydrogen) atoms. The Balaban J connectivity index is 4.18. The van der Waals surface area contributed by atoms with Crippen LogP contribution in [0.1, 0.15) is 54.4 Å². The standard InChI is InChI=1S/C12H26O2/c1-9(2)11(5,13)7-8-12(6,14)10(3)4/h9-10,13-14H,7-8H2,1-6H3. The molecule has 0 radical (unpaired) electrons. The molecule has 2 atom stereocenters. The van der Waals surface area contributed by atoms with Gasteiger partial charge in [-0.2, -0.15) is 0 Å². The Hall–Kier alpha value is -0.0800. The highest BCUT2D eigenvalue weighted by Gasteiger charge is 2.31. The Bertz CT molecular complexity index is 149. The van der Waals surface area contributed by atoms with E-state index in [2.05, 4.69) is 0 Å². The van der Waals surface area contributed by atoms with Gasteiger partial charge in [0, 0.05) is 0 Å². The van der Waals surface area contributed by atoms with Crippen LogP contribution in [0, 0.1) is 11.8 Å². The molecule has 0 aliphatic heterocycles. The van der Waals surface area contributed by atoms with Gasteiger partial charge in [0.1, 0.15) is 0 Å². The molecule has 0 aromatic rings. The van der Waals surface area contributed by atoms with Crippen molar-refractivity contribution in [3.05, 3.63) is 0 Å². The van der Waals surface area contributed by atoms with E-state index in [9.17, 15) is 10.2 Å². The molecule has 0 fully saturated rings. The molecule has 0 bridgehead atoms. The number of hydrogen-bond donors (Lipinski definition) is 2. The van der Waals surface area contributed by atoms with Crippen molar-refractivity contribution in [3.8, 4) is 0 Å². The lowest BCUT2D eigenvalue weighted by molar-refractivity contribution is -0.0453. The van der Waals surface area contributed by atoms with Crippen LogP contribution >= 0.6 is 0 Å². The van der Waals surface area contributed by atoms with Crippen molar-refractivity contribution in [2.45, 2.75) is 65.6 Å². The van der Waals surface area contributed by atoms with Crippen molar-refractivity contribution in [2.75, 3.05) is 0 Å². The van der Waals surface area contributed by atoms with Crippen LogP contribution in [-0.4, -0.2) is 21.4 Å². The second-order valence-corrected chi connectivity index (χ2v) is 5.52. The van der Waals surface area contributed by atoms with Crippen LogP contribution in [-0.2, 0) is 0 Å². The third-order valence-electron chi connectivity index (χ3n) is 3.62. The summed E-state index contributed by atoms with van der Waals surface area (Å²) in [5, 5.41) is 20.1. The first-order chi connectivity index (χ1) is 6.09. The minimum Gasteiger partial charge on any atom is -0.390 e. The minimum absolute atomic E-state index is 0.227. The van der Waals surface area contributed by atoms with Crippen LogP contribution in [0.2, 0.25) is 0 Å². The van der Waals surface area contributed by atoms with Gasteiger partial charge in [0.2, 0.25) is 0 Å². The van der Waals surface area contributed by atoms with E-state index >= 15 is 0 Å². The maximum atomic E-state index is 10.0. The molecule has 0 saturated heterocycles. The van der Waals surface area contributed by atoms with Crippen LogP contribution in [0.25, 0.3) is 0 Å². The van der Waals surface area contributed by atoms with Gasteiger partial charge in [0.15, 0.2) is 0 Å². The molecule has 2 nitrogen and oxygen atoms in total. The molecule has 0 amide bonds. The molecule has 0 saturated carbocycles. The van der Waals surface area contributed by atoms with Crippen LogP contribution in [0.3, 0.4) is 0 Å². The minimum atomic E-state index is -0.668. The lowest BCUT2D eigenvalue weighted by Crippen LogP contribution is -2.37. The second-order valence-electron chi connectivity index (χ2n) is 5.52. The van der Waals surface area contributed by atoms with E-state index in [1.165, 1.54) is 0 Å². The van der Waals surface area contributed by atoms with E-state index in [4.69, 9.17) is 0 Å². The average Bonchev–Trinajstić information content (AvgIpc) is 2.01. The number of hydrogen-bond acceptors (Lipinski definition) is 2. The number of rotatable bonds is 5. The maximum absolute atomic E-state index is 10.0. The second kappa shape index (κ2) is 4.63. The van der Waals surface area contributed by atoms with E-state index in [-0.39, 0.29) is 11.8 Å². The highest BCUT2D eigenvalue weighted by Crippen LogP contribution is 2.29. The largest absolute Gasteiger partial charge is 0.390 e. The van der Waals surface area contributed by atoms with E-state index in [1.54, 1.807) is 0 Å². The van der Waals surface area contributed by atoms with Gasteiger partial charge in [0.05, 0.1) is 11.2 Å². The summed E-state index contributed by atoms with van der Waals surface area (Å²) in [7, 11) is 0. The van der Waals surface area contributed by atoms with E-state index in [0.29, 0.717) is 12.8 Å². The molecule has 0 heterocycles. The molecular weight excluding hydrogens is 176 g/mol. The highest BCUT2D eigenvalue weighted by atomic mass is 16.3. The predicted octanol–water partition coefficient (Wildman–Crippen LogP) is 2.58. The number of aliphatic hydroxyl groups is 2. The summed E-state index contributed by atoms with van der Waals surface area (Å²) in [6.07, 6.45) is 1.30. The van der Waals surface area contributed by atoms with Crippen molar-refractivity contribution in [3.63, 3.8) is 0 Å². The fraction of sp³-hybridized carbons (Fsp3) is 1.00. The van der Waals surface area contributed by atoms with Gasteiger partial charge >= 0.3 is 0 Å². The zero-order valence-electron chi connectivity index (χ0n) is 10.5. The molecule has 0 spiro atoms. The van der Waals surface area contributed by atoms with Gasteiger partial charge in [-0.3, -0.25) is 0 Å². The first kappa shape index (κ1) is 13.9. The zero-order chi connectivity index (χ0) is 11.6. The Morgan fingerprint density at radius 2 is 1.00 bits per heavy atom. The first-order valence-electron chi connectivity index (χ1n) is 5.54. The fourth-order valence-electron chi connectivity index (χ4n) is 1.08. The maximum Gasteiger partial charge on any atom is 0.0643 e. The Kier molecular flexibility index (Phi) is 4.60. The molecule has 2 heteroatoms. The lowest BCUT2D eigenvalue weighted by atomic mass is 9.80. The molecule has 0 aromatic heterocycles. The van der Waals surface area contributed by atoms with Crippen molar-refractivity contribution in [1.29, 1.82) is 0 Å². The van der Waals surface area contributed by atoms with Gasteiger partial charge in [0.25, 0.3) is 0 Å². The van der Waals surface area contributed by atoms with E-state index < -0.39 is 11.2 Å². The third-order valence-corrected chi connectivity index (χ3v) is 3.62. The summed E-state index contributed by atoms with van der Waals surface area (Å²) in [4.78, 5) is 0. The van der Waals surface area contributed by atoms with E-state index in [0.717, 1.165) is 0 Å². The molecule has 0 aliphatic rings. The molecule has 0 rings (SSSR count). The van der Waals surface area contributed by atoms with Crippen LogP contribution in [0.4, 0.5) is 0 Å². The monoisotopic (exact) mass is 202 g/mol. The molecule has 0 aromatic carbocycles. The molecular formula is C12H26O2.